The van der Waals surface area contributed by atoms with Gasteiger partial charge in [0, 0.05) is 5.56 Å². The molecule has 2 rings (SSSR count). The molecule has 1 amide bonds. The molecule has 0 spiro atoms. The Kier molecular flexibility index (Phi) is 6.19. The zero-order chi connectivity index (χ0) is 18.6. The molecular weight excluding hydrogens is 387 g/mol. The minimum atomic E-state index is -1.35. The van der Waals surface area contributed by atoms with Crippen LogP contribution in [0.3, 0.4) is 0 Å². The number of aromatic carboxylic acids is 1. The molecule has 0 aliphatic heterocycles. The van der Waals surface area contributed by atoms with Crippen LogP contribution < -0.4 is 20.5 Å². The normalized spacial score (nSPS) is 10.0. The molecular formula is C16H11Cl2N2O4S-. The fraction of sp³-hybridized carbons (Fsp3) is 0.0625. The number of methoxy groups -OCH3 is 1. The number of amides is 1. The summed E-state index contributed by atoms with van der Waals surface area (Å²) in [6.45, 7) is 0. The van der Waals surface area contributed by atoms with Gasteiger partial charge in [0.15, 0.2) is 5.11 Å². The molecule has 0 saturated carbocycles. The number of rotatable bonds is 4. The van der Waals surface area contributed by atoms with Gasteiger partial charge in [-0.05, 0) is 54.2 Å². The van der Waals surface area contributed by atoms with Crippen LogP contribution in [-0.4, -0.2) is 24.1 Å². The largest absolute Gasteiger partial charge is 0.545 e. The molecule has 0 radical (unpaired) electrons. The fourth-order valence-electron chi connectivity index (χ4n) is 1.90. The maximum absolute atomic E-state index is 12.2. The third-order valence-electron chi connectivity index (χ3n) is 3.09. The van der Waals surface area contributed by atoms with Crippen LogP contribution in [0.25, 0.3) is 0 Å². The number of nitrogens with one attached hydrogen (secondary N) is 2. The van der Waals surface area contributed by atoms with Crippen LogP contribution in [-0.2, 0) is 0 Å². The van der Waals surface area contributed by atoms with Crippen LogP contribution in [0.5, 0.6) is 5.75 Å². The lowest BCUT2D eigenvalue weighted by molar-refractivity contribution is -0.255. The van der Waals surface area contributed by atoms with Gasteiger partial charge in [-0.15, -0.1) is 0 Å². The van der Waals surface area contributed by atoms with E-state index in [-0.39, 0.29) is 26.9 Å². The predicted molar refractivity (Wildman–Crippen MR) is 97.5 cm³/mol. The van der Waals surface area contributed by atoms with Crippen LogP contribution in [0.1, 0.15) is 20.7 Å². The van der Waals surface area contributed by atoms with Crippen LogP contribution >= 0.6 is 35.4 Å². The summed E-state index contributed by atoms with van der Waals surface area (Å²) in [5.41, 5.74) is 0.458. The summed E-state index contributed by atoms with van der Waals surface area (Å²) in [5.74, 6) is -1.52. The summed E-state index contributed by atoms with van der Waals surface area (Å²) in [4.78, 5) is 23.1. The number of halogens is 2. The topological polar surface area (TPSA) is 90.5 Å². The van der Waals surface area contributed by atoms with Gasteiger partial charge in [-0.1, -0.05) is 23.2 Å². The Morgan fingerprint density at radius 1 is 1.08 bits per heavy atom. The molecule has 0 atom stereocenters. The second kappa shape index (κ2) is 8.15. The van der Waals surface area contributed by atoms with Gasteiger partial charge in [-0.3, -0.25) is 10.1 Å². The van der Waals surface area contributed by atoms with E-state index in [0.717, 1.165) is 0 Å². The molecule has 9 heteroatoms. The van der Waals surface area contributed by atoms with E-state index >= 15 is 0 Å². The van der Waals surface area contributed by atoms with E-state index < -0.39 is 11.9 Å². The highest BCUT2D eigenvalue weighted by Crippen LogP contribution is 2.25. The number of carbonyl (C=O) groups is 2. The van der Waals surface area contributed by atoms with Gasteiger partial charge in [0.2, 0.25) is 0 Å². The van der Waals surface area contributed by atoms with Crippen LogP contribution in [0.2, 0.25) is 10.0 Å². The zero-order valence-corrected chi connectivity index (χ0v) is 15.1. The molecule has 0 bridgehead atoms. The summed E-state index contributed by atoms with van der Waals surface area (Å²) in [6.07, 6.45) is 0. The summed E-state index contributed by atoms with van der Waals surface area (Å²) in [6, 6.07) is 8.43. The quantitative estimate of drug-likeness (QED) is 0.770. The Morgan fingerprint density at radius 3 is 2.36 bits per heavy atom. The van der Waals surface area contributed by atoms with Crippen molar-refractivity contribution in [2.24, 2.45) is 0 Å². The summed E-state index contributed by atoms with van der Waals surface area (Å²) in [5, 5.41) is 16.6. The molecule has 0 aliphatic rings. The third-order valence-corrected chi connectivity index (χ3v) is 4.04. The van der Waals surface area contributed by atoms with E-state index in [1.807, 2.05) is 0 Å². The van der Waals surface area contributed by atoms with Crippen molar-refractivity contribution in [3.63, 3.8) is 0 Å². The van der Waals surface area contributed by atoms with E-state index in [1.54, 1.807) is 0 Å². The Hall–Kier alpha value is -2.35. The molecule has 0 aromatic heterocycles. The molecule has 2 aromatic carbocycles. The smallest absolute Gasteiger partial charge is 0.257 e. The molecule has 0 aliphatic carbocycles. The Labute approximate surface area is 158 Å². The number of hydrogen-bond acceptors (Lipinski definition) is 5. The number of hydrogen-bond donors (Lipinski definition) is 2. The van der Waals surface area contributed by atoms with Crippen LogP contribution in [0, 0.1) is 0 Å². The van der Waals surface area contributed by atoms with E-state index in [1.165, 1.54) is 43.5 Å². The molecule has 0 heterocycles. The van der Waals surface area contributed by atoms with Crippen molar-refractivity contribution in [3.8, 4) is 5.75 Å². The minimum absolute atomic E-state index is 0.0510. The van der Waals surface area contributed by atoms with E-state index in [2.05, 4.69) is 10.6 Å². The maximum Gasteiger partial charge on any atom is 0.257 e. The maximum atomic E-state index is 12.2. The lowest BCUT2D eigenvalue weighted by Crippen LogP contribution is -2.34. The fourth-order valence-corrected chi connectivity index (χ4v) is 2.40. The van der Waals surface area contributed by atoms with Crippen molar-refractivity contribution >= 4 is 58.1 Å². The lowest BCUT2D eigenvalue weighted by Gasteiger charge is -2.14. The van der Waals surface area contributed by atoms with Gasteiger partial charge in [0.25, 0.3) is 5.91 Å². The van der Waals surface area contributed by atoms with E-state index in [0.29, 0.717) is 10.8 Å². The first-order valence-electron chi connectivity index (χ1n) is 6.78. The molecule has 2 N–H and O–H groups in total. The van der Waals surface area contributed by atoms with Gasteiger partial charge in [-0.25, -0.2) is 0 Å². The first-order valence-corrected chi connectivity index (χ1v) is 7.95. The van der Waals surface area contributed by atoms with E-state index in [4.69, 9.17) is 40.2 Å². The Morgan fingerprint density at radius 2 is 1.76 bits per heavy atom. The Bertz CT molecular complexity index is 858. The first-order chi connectivity index (χ1) is 11.8. The number of thiocarbonyl (C=S) groups is 1. The van der Waals surface area contributed by atoms with E-state index in [9.17, 15) is 14.7 Å². The zero-order valence-electron chi connectivity index (χ0n) is 12.8. The average Bonchev–Trinajstić information content (AvgIpc) is 2.56. The number of carboxylic acids is 1. The van der Waals surface area contributed by atoms with Gasteiger partial charge in [0.1, 0.15) is 5.75 Å². The number of benzene rings is 2. The number of anilines is 1. The van der Waals surface area contributed by atoms with Crippen LogP contribution in [0.4, 0.5) is 5.69 Å². The van der Waals surface area contributed by atoms with Gasteiger partial charge >= 0.3 is 0 Å². The molecule has 0 saturated heterocycles. The van der Waals surface area contributed by atoms with Crippen LogP contribution in [0.15, 0.2) is 36.4 Å². The number of carboxylic acid groups (broad SMARTS) is 1. The summed E-state index contributed by atoms with van der Waals surface area (Å²) < 4.78 is 5.12. The van der Waals surface area contributed by atoms with Gasteiger partial charge < -0.3 is 20.0 Å². The highest BCUT2D eigenvalue weighted by Gasteiger charge is 2.12. The van der Waals surface area contributed by atoms with Crippen molar-refractivity contribution in [1.29, 1.82) is 0 Å². The van der Waals surface area contributed by atoms with Crippen molar-refractivity contribution in [2.45, 2.75) is 0 Å². The molecule has 0 unspecified atom stereocenters. The van der Waals surface area contributed by atoms with Crippen molar-refractivity contribution in [3.05, 3.63) is 57.6 Å². The predicted octanol–water partition coefficient (Wildman–Crippen LogP) is 2.49. The van der Waals surface area contributed by atoms with Gasteiger partial charge in [-0.2, -0.15) is 0 Å². The molecule has 25 heavy (non-hydrogen) atoms. The Balaban J connectivity index is 2.14. The second-order valence-electron chi connectivity index (χ2n) is 4.74. The first kappa shape index (κ1) is 19.0. The SMILES string of the molecule is COc1ccc(C(=O)[O-])cc1NC(=S)NC(=O)c1ccc(Cl)c(Cl)c1. The summed E-state index contributed by atoms with van der Waals surface area (Å²) >= 11 is 16.7. The molecule has 0 fully saturated rings. The standard InChI is InChI=1S/C16H12Cl2N2O4S/c1-24-13-5-3-9(15(22)23)7-12(13)19-16(25)20-14(21)8-2-4-10(17)11(18)6-8/h2-7H,1H3,(H,22,23)(H2,19,20,21,25)/p-1. The number of ether oxygens (including phenoxy) is 1. The second-order valence-corrected chi connectivity index (χ2v) is 5.96. The lowest BCUT2D eigenvalue weighted by atomic mass is 10.2. The molecule has 2 aromatic rings. The average molecular weight is 398 g/mol. The molecule has 130 valence electrons. The number of carbonyl (C=O) groups excluding carboxylic acids is 2. The monoisotopic (exact) mass is 397 g/mol. The highest BCUT2D eigenvalue weighted by atomic mass is 35.5. The van der Waals surface area contributed by atoms with Gasteiger partial charge in [0.05, 0.1) is 28.8 Å². The van der Waals surface area contributed by atoms with Crippen molar-refractivity contribution in [2.75, 3.05) is 12.4 Å². The third kappa shape index (κ3) is 4.82. The van der Waals surface area contributed by atoms with Crippen molar-refractivity contribution in [1.82, 2.24) is 5.32 Å². The summed E-state index contributed by atoms with van der Waals surface area (Å²) in [7, 11) is 1.41. The highest BCUT2D eigenvalue weighted by molar-refractivity contribution is 7.80. The minimum Gasteiger partial charge on any atom is -0.545 e. The molecule has 6 nitrogen and oxygen atoms in total. The van der Waals surface area contributed by atoms with Crippen molar-refractivity contribution < 1.29 is 19.4 Å².